The third kappa shape index (κ3) is 2.91. The van der Waals surface area contributed by atoms with Crippen molar-refractivity contribution in [2.75, 3.05) is 33.2 Å². The molecular formula is C14H24N2O2. The zero-order chi connectivity index (χ0) is 13.3. The molecule has 0 aromatic rings. The van der Waals surface area contributed by atoms with Gasteiger partial charge in [-0.25, -0.2) is 0 Å². The highest BCUT2D eigenvalue weighted by Crippen LogP contribution is 2.28. The minimum Gasteiger partial charge on any atom is -0.335 e. The number of piperidine rings is 1. The van der Waals surface area contributed by atoms with Gasteiger partial charge in [0.15, 0.2) is 5.78 Å². The fourth-order valence-electron chi connectivity index (χ4n) is 2.80. The number of hydrogen-bond donors (Lipinski definition) is 0. The molecule has 1 unspecified atom stereocenters. The van der Waals surface area contributed by atoms with Crippen LogP contribution in [0.1, 0.15) is 33.1 Å². The minimum absolute atomic E-state index is 0.166. The molecule has 0 aromatic carbocycles. The summed E-state index contributed by atoms with van der Waals surface area (Å²) >= 11 is 0. The second-order valence-electron chi connectivity index (χ2n) is 6.49. The molecule has 2 rings (SSSR count). The van der Waals surface area contributed by atoms with Gasteiger partial charge in [-0.05, 0) is 32.4 Å². The SMILES string of the molecule is CN1CCC(CC(=O)N2CCC(C)(C)C(=O)C2)C1. The third-order valence-electron chi connectivity index (χ3n) is 4.40. The number of amides is 1. The predicted octanol–water partition coefficient (Wildman–Crippen LogP) is 1.16. The molecule has 2 aliphatic heterocycles. The second-order valence-corrected chi connectivity index (χ2v) is 6.49. The Morgan fingerprint density at radius 2 is 2.11 bits per heavy atom. The van der Waals surface area contributed by atoms with Gasteiger partial charge in [0.1, 0.15) is 0 Å². The Morgan fingerprint density at radius 1 is 1.39 bits per heavy atom. The maximum absolute atomic E-state index is 12.2. The van der Waals surface area contributed by atoms with Gasteiger partial charge in [-0.15, -0.1) is 0 Å². The largest absolute Gasteiger partial charge is 0.335 e. The molecule has 2 heterocycles. The topological polar surface area (TPSA) is 40.6 Å². The Morgan fingerprint density at radius 3 is 2.67 bits per heavy atom. The number of carbonyl (C=O) groups excluding carboxylic acids is 2. The molecule has 0 aliphatic carbocycles. The van der Waals surface area contributed by atoms with Crippen molar-refractivity contribution in [1.82, 2.24) is 9.80 Å². The van der Waals surface area contributed by atoms with Crippen LogP contribution in [0.25, 0.3) is 0 Å². The molecule has 18 heavy (non-hydrogen) atoms. The molecule has 4 heteroatoms. The Labute approximate surface area is 109 Å². The molecule has 0 radical (unpaired) electrons. The summed E-state index contributed by atoms with van der Waals surface area (Å²) in [5.41, 5.74) is -0.246. The average Bonchev–Trinajstić information content (AvgIpc) is 2.68. The molecule has 0 spiro atoms. The molecule has 0 bridgehead atoms. The van der Waals surface area contributed by atoms with Crippen LogP contribution >= 0.6 is 0 Å². The summed E-state index contributed by atoms with van der Waals surface area (Å²) < 4.78 is 0. The molecule has 1 atom stereocenters. The second kappa shape index (κ2) is 5.00. The van der Waals surface area contributed by atoms with Crippen LogP contribution < -0.4 is 0 Å². The summed E-state index contributed by atoms with van der Waals surface area (Å²) in [5, 5.41) is 0. The van der Waals surface area contributed by atoms with E-state index in [0.717, 1.165) is 32.5 Å². The highest BCUT2D eigenvalue weighted by Gasteiger charge is 2.36. The summed E-state index contributed by atoms with van der Waals surface area (Å²) in [7, 11) is 2.09. The lowest BCUT2D eigenvalue weighted by Crippen LogP contribution is -2.48. The molecule has 4 nitrogen and oxygen atoms in total. The lowest BCUT2D eigenvalue weighted by atomic mass is 9.81. The van der Waals surface area contributed by atoms with Crippen molar-refractivity contribution in [2.24, 2.45) is 11.3 Å². The maximum atomic E-state index is 12.2. The first-order valence-electron chi connectivity index (χ1n) is 6.88. The van der Waals surface area contributed by atoms with Crippen LogP contribution in [-0.2, 0) is 9.59 Å². The minimum atomic E-state index is -0.246. The fraction of sp³-hybridized carbons (Fsp3) is 0.857. The molecule has 0 saturated carbocycles. The van der Waals surface area contributed by atoms with Gasteiger partial charge in [0.2, 0.25) is 5.91 Å². The van der Waals surface area contributed by atoms with E-state index in [1.165, 1.54) is 0 Å². The normalized spacial score (nSPS) is 28.7. The third-order valence-corrected chi connectivity index (χ3v) is 4.40. The molecule has 2 fully saturated rings. The number of nitrogens with zero attached hydrogens (tertiary/aromatic N) is 2. The first kappa shape index (κ1) is 13.5. The number of hydrogen-bond acceptors (Lipinski definition) is 3. The highest BCUT2D eigenvalue weighted by atomic mass is 16.2. The van der Waals surface area contributed by atoms with E-state index in [-0.39, 0.29) is 17.1 Å². The van der Waals surface area contributed by atoms with Crippen molar-refractivity contribution in [1.29, 1.82) is 0 Å². The zero-order valence-electron chi connectivity index (χ0n) is 11.7. The molecule has 1 amide bonds. The van der Waals surface area contributed by atoms with Gasteiger partial charge >= 0.3 is 0 Å². The lowest BCUT2D eigenvalue weighted by Gasteiger charge is -2.35. The van der Waals surface area contributed by atoms with Crippen LogP contribution in [0.5, 0.6) is 0 Å². The van der Waals surface area contributed by atoms with Crippen LogP contribution in [0.4, 0.5) is 0 Å². The maximum Gasteiger partial charge on any atom is 0.223 e. The van der Waals surface area contributed by atoms with Gasteiger partial charge in [-0.1, -0.05) is 13.8 Å². The van der Waals surface area contributed by atoms with E-state index in [1.807, 2.05) is 13.8 Å². The zero-order valence-corrected chi connectivity index (χ0v) is 11.7. The summed E-state index contributed by atoms with van der Waals surface area (Å²) in [6, 6.07) is 0. The number of rotatable bonds is 2. The van der Waals surface area contributed by atoms with E-state index in [1.54, 1.807) is 4.90 Å². The average molecular weight is 252 g/mol. The standard InChI is InChI=1S/C14H24N2O2/c1-14(2)5-7-16(10-12(14)17)13(18)8-11-4-6-15(3)9-11/h11H,4-10H2,1-3H3. The molecule has 2 saturated heterocycles. The molecule has 0 aromatic heterocycles. The number of Topliss-reactive ketones (excluding diaryl/α,β-unsaturated/α-hetero) is 1. The molecule has 2 aliphatic rings. The van der Waals surface area contributed by atoms with Crippen molar-refractivity contribution < 1.29 is 9.59 Å². The highest BCUT2D eigenvalue weighted by molar-refractivity contribution is 5.90. The summed E-state index contributed by atoms with van der Waals surface area (Å²) in [4.78, 5) is 28.1. The van der Waals surface area contributed by atoms with Crippen molar-refractivity contribution in [3.8, 4) is 0 Å². The Balaban J connectivity index is 1.85. The van der Waals surface area contributed by atoms with Crippen LogP contribution in [0.15, 0.2) is 0 Å². The molecular weight excluding hydrogens is 228 g/mol. The smallest absolute Gasteiger partial charge is 0.223 e. The van der Waals surface area contributed by atoms with E-state index in [0.29, 0.717) is 18.9 Å². The van der Waals surface area contributed by atoms with E-state index in [9.17, 15) is 9.59 Å². The Kier molecular flexibility index (Phi) is 3.76. The van der Waals surface area contributed by atoms with E-state index in [4.69, 9.17) is 0 Å². The Hall–Kier alpha value is -0.900. The molecule has 0 N–H and O–H groups in total. The predicted molar refractivity (Wildman–Crippen MR) is 70.2 cm³/mol. The summed E-state index contributed by atoms with van der Waals surface area (Å²) in [6.07, 6.45) is 2.51. The van der Waals surface area contributed by atoms with E-state index < -0.39 is 0 Å². The van der Waals surface area contributed by atoms with Crippen molar-refractivity contribution in [3.63, 3.8) is 0 Å². The van der Waals surface area contributed by atoms with E-state index >= 15 is 0 Å². The lowest BCUT2D eigenvalue weighted by molar-refractivity contribution is -0.143. The van der Waals surface area contributed by atoms with Gasteiger partial charge in [0, 0.05) is 24.9 Å². The number of carbonyl (C=O) groups is 2. The van der Waals surface area contributed by atoms with Gasteiger partial charge < -0.3 is 9.80 Å². The van der Waals surface area contributed by atoms with Crippen LogP contribution in [0.3, 0.4) is 0 Å². The monoisotopic (exact) mass is 252 g/mol. The van der Waals surface area contributed by atoms with Crippen molar-refractivity contribution in [3.05, 3.63) is 0 Å². The number of ketones is 1. The summed E-state index contributed by atoms with van der Waals surface area (Å²) in [5.74, 6) is 0.845. The van der Waals surface area contributed by atoms with Gasteiger partial charge in [0.05, 0.1) is 6.54 Å². The molecule has 102 valence electrons. The van der Waals surface area contributed by atoms with Crippen LogP contribution in [-0.4, -0.2) is 54.7 Å². The van der Waals surface area contributed by atoms with Gasteiger partial charge in [-0.3, -0.25) is 9.59 Å². The van der Waals surface area contributed by atoms with Crippen LogP contribution in [0.2, 0.25) is 0 Å². The Bertz CT molecular complexity index is 352. The summed E-state index contributed by atoms with van der Waals surface area (Å²) in [6.45, 7) is 7.10. The van der Waals surface area contributed by atoms with E-state index in [2.05, 4.69) is 11.9 Å². The first-order chi connectivity index (χ1) is 8.38. The van der Waals surface area contributed by atoms with Gasteiger partial charge in [-0.2, -0.15) is 0 Å². The number of likely N-dealkylation sites (tertiary alicyclic amines) is 2. The van der Waals surface area contributed by atoms with Crippen molar-refractivity contribution >= 4 is 11.7 Å². The first-order valence-corrected chi connectivity index (χ1v) is 6.88. The quantitative estimate of drug-likeness (QED) is 0.740. The van der Waals surface area contributed by atoms with Crippen molar-refractivity contribution in [2.45, 2.75) is 33.1 Å². The van der Waals surface area contributed by atoms with Crippen LogP contribution in [0, 0.1) is 11.3 Å². The van der Waals surface area contributed by atoms with Gasteiger partial charge in [0.25, 0.3) is 0 Å². The fourth-order valence-corrected chi connectivity index (χ4v) is 2.80.